The Morgan fingerprint density at radius 2 is 1.59 bits per heavy atom. The van der Waals surface area contributed by atoms with Crippen LogP contribution < -0.4 is 4.74 Å². The third kappa shape index (κ3) is 4.69. The van der Waals surface area contributed by atoms with E-state index < -0.39 is 42.2 Å². The van der Waals surface area contributed by atoms with Crippen LogP contribution in [0.25, 0.3) is 6.08 Å². The van der Waals surface area contributed by atoms with Crippen molar-refractivity contribution < 1.29 is 33.2 Å². The number of carbonyl (C=O) groups excluding carboxylic acids is 1. The first-order chi connectivity index (χ1) is 17.7. The molecule has 0 unspecified atom stereocenters. The van der Waals surface area contributed by atoms with Crippen LogP contribution >= 0.6 is 0 Å². The average Bonchev–Trinajstić information content (AvgIpc) is 3.50. The zero-order chi connectivity index (χ0) is 25.8. The average molecular weight is 508 g/mol. The summed E-state index contributed by atoms with van der Waals surface area (Å²) in [5.41, 5.74) is 1.04. The minimum atomic E-state index is -0.825. The third-order valence-corrected chi connectivity index (χ3v) is 7.19. The monoisotopic (exact) mass is 507 g/mol. The highest BCUT2D eigenvalue weighted by Gasteiger charge is 2.65. The molecule has 0 bridgehead atoms. The molecule has 37 heavy (non-hydrogen) atoms. The molecule has 0 N–H and O–H groups in total. The second-order valence-electron chi connectivity index (χ2n) is 10.8. The molecule has 0 saturated carbocycles. The molecule has 4 aliphatic heterocycles. The van der Waals surface area contributed by atoms with Gasteiger partial charge in [0.05, 0.1) is 18.7 Å². The van der Waals surface area contributed by atoms with Crippen molar-refractivity contribution >= 4 is 12.0 Å². The standard InChI is InChI=1S/C29H33NO7/c1-28(2)32-17-21(35-28)24-22(25-27(34-24)37-29(3,4)36-25)30-20(16-15-18-11-7-5-8-12-18)23(26(30)31)33-19-13-9-6-10-14-19/h5-16,20-25,27H,17H2,1-4H3/b16-15+/t20-,21+,22+,23+,24+,25-,27+/m1/s1. The van der Waals surface area contributed by atoms with Gasteiger partial charge in [-0.25, -0.2) is 0 Å². The summed E-state index contributed by atoms with van der Waals surface area (Å²) >= 11 is 0. The lowest BCUT2D eigenvalue weighted by Gasteiger charge is -2.50. The Morgan fingerprint density at radius 3 is 2.27 bits per heavy atom. The fraction of sp³-hybridized carbons (Fsp3) is 0.483. The Balaban J connectivity index is 1.33. The van der Waals surface area contributed by atoms with Gasteiger partial charge in [0.1, 0.15) is 24.1 Å². The second-order valence-corrected chi connectivity index (χ2v) is 10.8. The van der Waals surface area contributed by atoms with Gasteiger partial charge in [0.25, 0.3) is 5.91 Å². The molecule has 6 rings (SSSR count). The summed E-state index contributed by atoms with van der Waals surface area (Å²) in [7, 11) is 0. The molecule has 196 valence electrons. The Morgan fingerprint density at radius 1 is 0.892 bits per heavy atom. The van der Waals surface area contributed by atoms with E-state index in [0.29, 0.717) is 12.4 Å². The first kappa shape index (κ1) is 24.6. The molecular formula is C29H33NO7. The SMILES string of the molecule is CC1(C)O[C@@H]2O[C@@H]([C@@H]3COC(C)(C)O3)[C@H](N3C(=O)[C@@H](Oc4ccccc4)[C@H]3/C=C/c3ccccc3)[C@H]2O1. The highest BCUT2D eigenvalue weighted by Crippen LogP contribution is 2.45. The highest BCUT2D eigenvalue weighted by molar-refractivity contribution is 5.90. The number of hydrogen-bond acceptors (Lipinski definition) is 7. The summed E-state index contributed by atoms with van der Waals surface area (Å²) in [6, 6.07) is 18.6. The predicted octanol–water partition coefficient (Wildman–Crippen LogP) is 3.75. The number of nitrogens with zero attached hydrogens (tertiary/aromatic N) is 1. The fourth-order valence-corrected chi connectivity index (χ4v) is 5.60. The molecule has 0 spiro atoms. The number of amides is 1. The molecule has 4 aliphatic rings. The number of ether oxygens (including phenoxy) is 6. The maximum atomic E-state index is 13.8. The van der Waals surface area contributed by atoms with Crippen LogP contribution in [0, 0.1) is 0 Å². The summed E-state index contributed by atoms with van der Waals surface area (Å²) in [6.45, 7) is 7.80. The number of rotatable bonds is 6. The maximum absolute atomic E-state index is 13.8. The number of fused-ring (bicyclic) bond motifs is 1. The van der Waals surface area contributed by atoms with E-state index in [-0.39, 0.29) is 18.1 Å². The van der Waals surface area contributed by atoms with Gasteiger partial charge in [-0.05, 0) is 45.4 Å². The highest BCUT2D eigenvalue weighted by atomic mass is 16.8. The van der Waals surface area contributed by atoms with Gasteiger partial charge in [0, 0.05) is 0 Å². The maximum Gasteiger partial charge on any atom is 0.267 e. The van der Waals surface area contributed by atoms with Gasteiger partial charge in [-0.3, -0.25) is 4.79 Å². The quantitative estimate of drug-likeness (QED) is 0.551. The van der Waals surface area contributed by atoms with E-state index in [1.54, 1.807) is 0 Å². The zero-order valence-corrected chi connectivity index (χ0v) is 21.5. The lowest BCUT2D eigenvalue weighted by Crippen LogP contribution is -2.72. The molecule has 8 heteroatoms. The molecule has 0 radical (unpaired) electrons. The Kier molecular flexibility index (Phi) is 6.12. The summed E-state index contributed by atoms with van der Waals surface area (Å²) < 4.78 is 36.9. The van der Waals surface area contributed by atoms with E-state index in [1.807, 2.05) is 105 Å². The Bertz CT molecular complexity index is 1150. The van der Waals surface area contributed by atoms with Gasteiger partial charge < -0.3 is 33.3 Å². The number of β-lactam (4-membered cyclic amide) rings is 1. The van der Waals surface area contributed by atoms with Crippen LogP contribution in [0.2, 0.25) is 0 Å². The zero-order valence-electron chi connectivity index (χ0n) is 21.5. The van der Waals surface area contributed by atoms with Crippen molar-refractivity contribution in [2.24, 2.45) is 0 Å². The number of benzene rings is 2. The third-order valence-electron chi connectivity index (χ3n) is 7.19. The molecule has 0 aliphatic carbocycles. The molecule has 4 heterocycles. The number of carbonyl (C=O) groups is 1. The molecular weight excluding hydrogens is 474 g/mol. The molecule has 1 amide bonds. The van der Waals surface area contributed by atoms with E-state index in [0.717, 1.165) is 5.56 Å². The van der Waals surface area contributed by atoms with Crippen LogP contribution in [0.15, 0.2) is 66.7 Å². The normalized spacial score (nSPS) is 36.1. The van der Waals surface area contributed by atoms with Crippen molar-refractivity contribution in [3.05, 3.63) is 72.3 Å². The minimum Gasteiger partial charge on any atom is -0.478 e. The minimum absolute atomic E-state index is 0.128. The molecule has 2 aromatic carbocycles. The Labute approximate surface area is 217 Å². The summed E-state index contributed by atoms with van der Waals surface area (Å²) in [6.07, 6.45) is 1.42. The molecule has 2 aromatic rings. The van der Waals surface area contributed by atoms with Crippen molar-refractivity contribution in [3.63, 3.8) is 0 Å². The van der Waals surface area contributed by atoms with Gasteiger partial charge in [0.2, 0.25) is 6.10 Å². The topological polar surface area (TPSA) is 75.7 Å². The first-order valence-electron chi connectivity index (χ1n) is 12.8. The Hall–Kier alpha value is -2.75. The van der Waals surface area contributed by atoms with Crippen LogP contribution in [0.3, 0.4) is 0 Å². The molecule has 4 saturated heterocycles. The molecule has 4 fully saturated rings. The second kappa shape index (κ2) is 9.22. The van der Waals surface area contributed by atoms with Crippen LogP contribution in [0.5, 0.6) is 5.75 Å². The number of para-hydroxylation sites is 1. The van der Waals surface area contributed by atoms with Gasteiger partial charge in [-0.2, -0.15) is 0 Å². The molecule has 7 atom stereocenters. The van der Waals surface area contributed by atoms with Crippen LogP contribution in [0.4, 0.5) is 0 Å². The van der Waals surface area contributed by atoms with E-state index in [2.05, 4.69) is 0 Å². The number of hydrogen-bond donors (Lipinski definition) is 0. The predicted molar refractivity (Wildman–Crippen MR) is 134 cm³/mol. The lowest BCUT2D eigenvalue weighted by atomic mass is 9.89. The van der Waals surface area contributed by atoms with E-state index in [1.165, 1.54) is 0 Å². The first-order valence-corrected chi connectivity index (χ1v) is 12.8. The van der Waals surface area contributed by atoms with E-state index in [4.69, 9.17) is 28.4 Å². The summed E-state index contributed by atoms with van der Waals surface area (Å²) in [4.78, 5) is 15.6. The van der Waals surface area contributed by atoms with Gasteiger partial charge in [-0.15, -0.1) is 0 Å². The van der Waals surface area contributed by atoms with Crippen molar-refractivity contribution in [2.75, 3.05) is 6.61 Å². The molecule has 0 aromatic heterocycles. The van der Waals surface area contributed by atoms with Crippen LogP contribution in [-0.2, 0) is 28.5 Å². The van der Waals surface area contributed by atoms with Crippen LogP contribution in [0.1, 0.15) is 33.3 Å². The smallest absolute Gasteiger partial charge is 0.267 e. The summed E-state index contributed by atoms with van der Waals surface area (Å²) in [5.74, 6) is -1.04. The lowest BCUT2D eigenvalue weighted by molar-refractivity contribution is -0.232. The fourth-order valence-electron chi connectivity index (χ4n) is 5.60. The largest absolute Gasteiger partial charge is 0.478 e. The van der Waals surface area contributed by atoms with Crippen LogP contribution in [-0.4, -0.2) is 71.8 Å². The molecule has 8 nitrogen and oxygen atoms in total. The van der Waals surface area contributed by atoms with Crippen molar-refractivity contribution in [3.8, 4) is 5.75 Å². The van der Waals surface area contributed by atoms with Gasteiger partial charge in [0.15, 0.2) is 17.9 Å². The summed E-state index contributed by atoms with van der Waals surface area (Å²) in [5, 5.41) is 0. The van der Waals surface area contributed by atoms with E-state index in [9.17, 15) is 4.79 Å². The van der Waals surface area contributed by atoms with Gasteiger partial charge in [-0.1, -0.05) is 60.7 Å². The van der Waals surface area contributed by atoms with Crippen molar-refractivity contribution in [1.82, 2.24) is 4.90 Å². The van der Waals surface area contributed by atoms with Gasteiger partial charge >= 0.3 is 0 Å². The van der Waals surface area contributed by atoms with Crippen molar-refractivity contribution in [2.45, 2.75) is 82.1 Å². The van der Waals surface area contributed by atoms with E-state index >= 15 is 0 Å². The number of likely N-dealkylation sites (tertiary alicyclic amines) is 1. The van der Waals surface area contributed by atoms with Crippen molar-refractivity contribution in [1.29, 1.82) is 0 Å².